The van der Waals surface area contributed by atoms with E-state index >= 15 is 0 Å². The van der Waals surface area contributed by atoms with E-state index in [1.54, 1.807) is 0 Å². The second kappa shape index (κ2) is 6.68. The first-order valence-electron chi connectivity index (χ1n) is 5.58. The lowest BCUT2D eigenvalue weighted by molar-refractivity contribution is 0.442. The van der Waals surface area contributed by atoms with Crippen LogP contribution in [0.3, 0.4) is 0 Å². The minimum atomic E-state index is -0.406. The van der Waals surface area contributed by atoms with Gasteiger partial charge >= 0.3 is 0 Å². The Kier molecular flexibility index (Phi) is 5.88. The zero-order valence-corrected chi connectivity index (χ0v) is 10.3. The summed E-state index contributed by atoms with van der Waals surface area (Å²) in [7, 11) is 0. The van der Waals surface area contributed by atoms with Gasteiger partial charge in [0.25, 0.3) is 0 Å². The van der Waals surface area contributed by atoms with E-state index in [9.17, 15) is 0 Å². The monoisotopic (exact) mass is 235 g/mol. The fourth-order valence-corrected chi connectivity index (χ4v) is 2.26. The topological polar surface area (TPSA) is 12.4 Å². The second-order valence-electron chi connectivity index (χ2n) is 3.96. The molecule has 0 unspecified atom stereocenters. The number of halogens is 2. The second-order valence-corrected chi connectivity index (χ2v) is 5.06. The summed E-state index contributed by atoms with van der Waals surface area (Å²) in [6, 6.07) is 0.491. The molecule has 3 heteroatoms. The quantitative estimate of drug-likeness (QED) is 0.508. The molecule has 1 saturated carbocycles. The number of alkyl halides is 2. The highest BCUT2D eigenvalue weighted by atomic mass is 35.5. The standard InChI is InChI=1S/C11H19Cl2N/c1-2-6-10(11(12)13)14-9-7-4-3-5-8-9/h9,11H,2-8H2,1H3. The summed E-state index contributed by atoms with van der Waals surface area (Å²) in [5.41, 5.74) is 0.989. The number of hydrogen-bond donors (Lipinski definition) is 0. The zero-order chi connectivity index (χ0) is 10.4. The van der Waals surface area contributed by atoms with Crippen LogP contribution in [-0.2, 0) is 0 Å². The Morgan fingerprint density at radius 2 is 1.93 bits per heavy atom. The summed E-state index contributed by atoms with van der Waals surface area (Å²) < 4.78 is 0. The maximum atomic E-state index is 5.88. The highest BCUT2D eigenvalue weighted by molar-refractivity contribution is 6.54. The van der Waals surface area contributed by atoms with E-state index in [0.29, 0.717) is 6.04 Å². The van der Waals surface area contributed by atoms with Crippen molar-refractivity contribution in [1.29, 1.82) is 0 Å². The van der Waals surface area contributed by atoms with Crippen LogP contribution in [0.15, 0.2) is 4.99 Å². The van der Waals surface area contributed by atoms with E-state index in [0.717, 1.165) is 18.6 Å². The van der Waals surface area contributed by atoms with Crippen LogP contribution in [0.2, 0.25) is 0 Å². The zero-order valence-electron chi connectivity index (χ0n) is 8.81. The highest BCUT2D eigenvalue weighted by Crippen LogP contribution is 2.22. The van der Waals surface area contributed by atoms with Crippen molar-refractivity contribution in [3.8, 4) is 0 Å². The van der Waals surface area contributed by atoms with E-state index < -0.39 is 4.84 Å². The van der Waals surface area contributed by atoms with Gasteiger partial charge in [-0.15, -0.1) is 0 Å². The molecule has 0 radical (unpaired) electrons. The molecule has 1 nitrogen and oxygen atoms in total. The van der Waals surface area contributed by atoms with Gasteiger partial charge < -0.3 is 0 Å². The number of nitrogens with zero attached hydrogens (tertiary/aromatic N) is 1. The molecule has 0 spiro atoms. The van der Waals surface area contributed by atoms with Crippen molar-refractivity contribution in [1.82, 2.24) is 0 Å². The van der Waals surface area contributed by atoms with E-state index in [1.807, 2.05) is 0 Å². The van der Waals surface area contributed by atoms with Gasteiger partial charge in [-0.2, -0.15) is 0 Å². The van der Waals surface area contributed by atoms with Crippen LogP contribution in [0.4, 0.5) is 0 Å². The molecule has 0 atom stereocenters. The summed E-state index contributed by atoms with van der Waals surface area (Å²) in [6.45, 7) is 2.13. The van der Waals surface area contributed by atoms with Crippen molar-refractivity contribution >= 4 is 28.9 Å². The summed E-state index contributed by atoms with van der Waals surface area (Å²) >= 11 is 11.8. The third kappa shape index (κ3) is 4.18. The van der Waals surface area contributed by atoms with E-state index in [2.05, 4.69) is 11.9 Å². The smallest absolute Gasteiger partial charge is 0.145 e. The van der Waals surface area contributed by atoms with Gasteiger partial charge in [0.15, 0.2) is 0 Å². The molecule has 1 rings (SSSR count). The lowest BCUT2D eigenvalue weighted by Gasteiger charge is -2.19. The van der Waals surface area contributed by atoms with Crippen molar-refractivity contribution < 1.29 is 0 Å². The van der Waals surface area contributed by atoms with Gasteiger partial charge in [-0.25, -0.2) is 0 Å². The summed E-state index contributed by atoms with van der Waals surface area (Å²) in [5.74, 6) is 0. The number of aliphatic imine (C=N–C) groups is 1. The molecule has 0 aliphatic heterocycles. The van der Waals surface area contributed by atoms with Crippen molar-refractivity contribution in [2.24, 2.45) is 4.99 Å². The molecule has 0 heterocycles. The first-order valence-corrected chi connectivity index (χ1v) is 6.46. The predicted octanol–water partition coefficient (Wildman–Crippen LogP) is 4.36. The van der Waals surface area contributed by atoms with Crippen molar-refractivity contribution in [3.63, 3.8) is 0 Å². The van der Waals surface area contributed by atoms with Crippen LogP contribution < -0.4 is 0 Å². The number of rotatable bonds is 4. The predicted molar refractivity (Wildman–Crippen MR) is 64.7 cm³/mol. The molecule has 0 amide bonds. The molecule has 0 bridgehead atoms. The first kappa shape index (κ1) is 12.3. The molecule has 1 aliphatic carbocycles. The maximum absolute atomic E-state index is 5.88. The molecule has 0 aromatic rings. The fourth-order valence-electron chi connectivity index (χ4n) is 1.93. The summed E-state index contributed by atoms with van der Waals surface area (Å²) in [4.78, 5) is 4.27. The third-order valence-electron chi connectivity index (χ3n) is 2.68. The Morgan fingerprint density at radius 3 is 2.43 bits per heavy atom. The van der Waals surface area contributed by atoms with Crippen molar-refractivity contribution in [3.05, 3.63) is 0 Å². The van der Waals surface area contributed by atoms with Crippen molar-refractivity contribution in [2.75, 3.05) is 0 Å². The largest absolute Gasteiger partial charge is 0.288 e. The lowest BCUT2D eigenvalue weighted by atomic mass is 9.96. The Hall–Kier alpha value is 0.250. The molecule has 0 saturated heterocycles. The Morgan fingerprint density at radius 1 is 1.29 bits per heavy atom. The normalized spacial score (nSPS) is 20.4. The highest BCUT2D eigenvalue weighted by Gasteiger charge is 2.15. The van der Waals surface area contributed by atoms with E-state index in [1.165, 1.54) is 32.1 Å². The Labute approximate surface area is 96.9 Å². The van der Waals surface area contributed by atoms with Crippen molar-refractivity contribution in [2.45, 2.75) is 62.7 Å². The lowest BCUT2D eigenvalue weighted by Crippen LogP contribution is -2.16. The number of hydrogen-bond acceptors (Lipinski definition) is 1. The SMILES string of the molecule is CCCC(=NC1CCCCC1)C(Cl)Cl. The van der Waals surface area contributed by atoms with Gasteiger partial charge in [0, 0.05) is 11.8 Å². The van der Waals surface area contributed by atoms with Gasteiger partial charge in [-0.1, -0.05) is 55.8 Å². The minimum Gasteiger partial charge on any atom is -0.288 e. The molecular weight excluding hydrogens is 217 g/mol. The molecule has 0 aromatic carbocycles. The van der Waals surface area contributed by atoms with Crippen LogP contribution in [0.1, 0.15) is 51.9 Å². The van der Waals surface area contributed by atoms with Gasteiger partial charge in [0.2, 0.25) is 0 Å². The fraction of sp³-hybridized carbons (Fsp3) is 0.909. The van der Waals surface area contributed by atoms with Crippen LogP contribution in [0.25, 0.3) is 0 Å². The molecule has 82 valence electrons. The van der Waals surface area contributed by atoms with Gasteiger partial charge in [-0.05, 0) is 19.3 Å². The Bertz CT molecular complexity index is 184. The van der Waals surface area contributed by atoms with Gasteiger partial charge in [-0.3, -0.25) is 4.99 Å². The Balaban J connectivity index is 2.50. The van der Waals surface area contributed by atoms with Gasteiger partial charge in [0.05, 0.1) is 0 Å². The summed E-state index contributed by atoms with van der Waals surface area (Å²) in [5, 5.41) is 0. The van der Waals surface area contributed by atoms with Crippen LogP contribution in [0.5, 0.6) is 0 Å². The minimum absolute atomic E-state index is 0.406. The van der Waals surface area contributed by atoms with Crippen LogP contribution in [-0.4, -0.2) is 16.6 Å². The molecular formula is C11H19Cl2N. The average molecular weight is 236 g/mol. The average Bonchev–Trinajstić information content (AvgIpc) is 2.18. The van der Waals surface area contributed by atoms with Crippen LogP contribution in [0, 0.1) is 0 Å². The first-order chi connectivity index (χ1) is 6.74. The summed E-state index contributed by atoms with van der Waals surface area (Å²) in [6.07, 6.45) is 8.42. The molecule has 0 N–H and O–H groups in total. The van der Waals surface area contributed by atoms with E-state index in [4.69, 9.17) is 23.2 Å². The molecule has 0 aromatic heterocycles. The third-order valence-corrected chi connectivity index (χ3v) is 3.18. The maximum Gasteiger partial charge on any atom is 0.145 e. The molecule has 14 heavy (non-hydrogen) atoms. The van der Waals surface area contributed by atoms with Gasteiger partial charge in [0.1, 0.15) is 4.84 Å². The van der Waals surface area contributed by atoms with E-state index in [-0.39, 0.29) is 0 Å². The van der Waals surface area contributed by atoms with Crippen LogP contribution >= 0.6 is 23.2 Å². The molecule has 1 aliphatic rings. The molecule has 1 fully saturated rings.